The SMILES string of the molecule is O=C(O)c1cccn2cc(CNC3CCC3)nc12. The van der Waals surface area contributed by atoms with Crippen LogP contribution in [0.5, 0.6) is 0 Å². The molecule has 2 aromatic rings. The van der Waals surface area contributed by atoms with Crippen molar-refractivity contribution in [3.8, 4) is 0 Å². The summed E-state index contributed by atoms with van der Waals surface area (Å²) in [6.45, 7) is 0.700. The molecule has 0 unspecified atom stereocenters. The lowest BCUT2D eigenvalue weighted by atomic mass is 9.93. The average Bonchev–Trinajstić information content (AvgIpc) is 2.68. The van der Waals surface area contributed by atoms with Crippen LogP contribution in [0, 0.1) is 0 Å². The Hall–Kier alpha value is -1.88. The molecule has 0 atom stereocenters. The van der Waals surface area contributed by atoms with Gasteiger partial charge in [-0.05, 0) is 25.0 Å². The highest BCUT2D eigenvalue weighted by Gasteiger charge is 2.17. The molecule has 18 heavy (non-hydrogen) atoms. The third kappa shape index (κ3) is 1.97. The number of nitrogens with one attached hydrogen (secondary N) is 1. The Morgan fingerprint density at radius 3 is 3.06 bits per heavy atom. The van der Waals surface area contributed by atoms with E-state index in [9.17, 15) is 4.79 Å². The normalized spacial score (nSPS) is 15.8. The van der Waals surface area contributed by atoms with Crippen molar-refractivity contribution >= 4 is 11.6 Å². The molecule has 0 saturated heterocycles. The Labute approximate surface area is 104 Å². The van der Waals surface area contributed by atoms with Gasteiger partial charge in [-0.2, -0.15) is 0 Å². The van der Waals surface area contributed by atoms with Gasteiger partial charge in [-0.15, -0.1) is 0 Å². The maximum absolute atomic E-state index is 11.1. The molecule has 0 spiro atoms. The predicted octanol–water partition coefficient (Wildman–Crippen LogP) is 1.67. The van der Waals surface area contributed by atoms with E-state index in [4.69, 9.17) is 5.11 Å². The second-order valence-electron chi connectivity index (χ2n) is 4.70. The number of carboxylic acids is 1. The van der Waals surface area contributed by atoms with Crippen LogP contribution in [0.1, 0.15) is 35.3 Å². The first-order valence-corrected chi connectivity index (χ1v) is 6.17. The first-order chi connectivity index (χ1) is 8.74. The van der Waals surface area contributed by atoms with Crippen molar-refractivity contribution in [1.29, 1.82) is 0 Å². The van der Waals surface area contributed by atoms with Gasteiger partial charge in [-0.25, -0.2) is 9.78 Å². The molecule has 0 amide bonds. The van der Waals surface area contributed by atoms with Crippen molar-refractivity contribution in [2.75, 3.05) is 0 Å². The predicted molar refractivity (Wildman–Crippen MR) is 66.6 cm³/mol. The quantitative estimate of drug-likeness (QED) is 0.860. The summed E-state index contributed by atoms with van der Waals surface area (Å²) >= 11 is 0. The lowest BCUT2D eigenvalue weighted by molar-refractivity contribution is 0.0698. The van der Waals surface area contributed by atoms with E-state index in [0.717, 1.165) is 5.69 Å². The molecule has 0 aliphatic heterocycles. The Bertz CT molecular complexity index is 587. The molecule has 1 saturated carbocycles. The van der Waals surface area contributed by atoms with E-state index in [2.05, 4.69) is 10.3 Å². The fraction of sp³-hybridized carbons (Fsp3) is 0.385. The van der Waals surface area contributed by atoms with Crippen LogP contribution >= 0.6 is 0 Å². The summed E-state index contributed by atoms with van der Waals surface area (Å²) in [4.78, 5) is 15.5. The third-order valence-corrected chi connectivity index (χ3v) is 3.44. The Balaban J connectivity index is 1.85. The van der Waals surface area contributed by atoms with Crippen LogP contribution in [0.25, 0.3) is 5.65 Å². The van der Waals surface area contributed by atoms with Gasteiger partial charge in [0.1, 0.15) is 5.56 Å². The number of aromatic nitrogens is 2. The fourth-order valence-electron chi connectivity index (χ4n) is 2.18. The fourth-order valence-corrected chi connectivity index (χ4v) is 2.18. The number of hydrogen-bond donors (Lipinski definition) is 2. The van der Waals surface area contributed by atoms with Gasteiger partial charge in [-0.1, -0.05) is 6.42 Å². The average molecular weight is 245 g/mol. The van der Waals surface area contributed by atoms with Gasteiger partial charge in [0, 0.05) is 25.0 Å². The van der Waals surface area contributed by atoms with Crippen molar-refractivity contribution in [1.82, 2.24) is 14.7 Å². The Kier molecular flexibility index (Phi) is 2.76. The minimum atomic E-state index is -0.940. The van der Waals surface area contributed by atoms with Gasteiger partial charge in [0.05, 0.1) is 5.69 Å². The smallest absolute Gasteiger partial charge is 0.339 e. The number of nitrogens with zero attached hydrogens (tertiary/aromatic N) is 2. The molecule has 5 nitrogen and oxygen atoms in total. The minimum Gasteiger partial charge on any atom is -0.478 e. The van der Waals surface area contributed by atoms with Crippen molar-refractivity contribution < 1.29 is 9.90 Å². The van der Waals surface area contributed by atoms with Crippen molar-refractivity contribution in [3.05, 3.63) is 35.8 Å². The molecule has 0 aromatic carbocycles. The van der Waals surface area contributed by atoms with Crippen LogP contribution in [0.4, 0.5) is 0 Å². The second-order valence-corrected chi connectivity index (χ2v) is 4.70. The minimum absolute atomic E-state index is 0.243. The van der Waals surface area contributed by atoms with E-state index < -0.39 is 5.97 Å². The van der Waals surface area contributed by atoms with Crippen molar-refractivity contribution in [2.24, 2.45) is 0 Å². The lowest BCUT2D eigenvalue weighted by Gasteiger charge is -2.26. The molecular weight excluding hydrogens is 230 g/mol. The summed E-state index contributed by atoms with van der Waals surface area (Å²) in [6, 6.07) is 3.91. The van der Waals surface area contributed by atoms with E-state index in [1.807, 2.05) is 12.4 Å². The highest BCUT2D eigenvalue weighted by molar-refractivity contribution is 5.94. The number of carbonyl (C=O) groups is 1. The monoisotopic (exact) mass is 245 g/mol. The van der Waals surface area contributed by atoms with Gasteiger partial charge < -0.3 is 14.8 Å². The zero-order valence-corrected chi connectivity index (χ0v) is 9.97. The number of pyridine rings is 1. The molecule has 5 heteroatoms. The maximum Gasteiger partial charge on any atom is 0.339 e. The summed E-state index contributed by atoms with van der Waals surface area (Å²) in [5, 5.41) is 12.5. The third-order valence-electron chi connectivity index (χ3n) is 3.44. The molecular formula is C13H15N3O2. The Morgan fingerprint density at radius 2 is 2.39 bits per heavy atom. The number of fused-ring (bicyclic) bond motifs is 1. The molecule has 3 rings (SSSR count). The highest BCUT2D eigenvalue weighted by atomic mass is 16.4. The zero-order chi connectivity index (χ0) is 12.5. The molecule has 0 bridgehead atoms. The number of carboxylic acid groups (broad SMARTS) is 1. The van der Waals surface area contributed by atoms with Crippen molar-refractivity contribution in [2.45, 2.75) is 31.8 Å². The summed E-state index contributed by atoms with van der Waals surface area (Å²) < 4.78 is 1.77. The highest BCUT2D eigenvalue weighted by Crippen LogP contribution is 2.18. The molecule has 1 fully saturated rings. The van der Waals surface area contributed by atoms with Crippen LogP contribution in [0.2, 0.25) is 0 Å². The first kappa shape index (κ1) is 11.2. The van der Waals surface area contributed by atoms with Crippen LogP contribution in [-0.2, 0) is 6.54 Å². The van der Waals surface area contributed by atoms with Crippen molar-refractivity contribution in [3.63, 3.8) is 0 Å². The van der Waals surface area contributed by atoms with Gasteiger partial charge >= 0.3 is 5.97 Å². The van der Waals surface area contributed by atoms with E-state index in [0.29, 0.717) is 18.2 Å². The summed E-state index contributed by atoms with van der Waals surface area (Å²) in [6.07, 6.45) is 7.46. The standard InChI is InChI=1S/C13H15N3O2/c17-13(18)11-5-2-6-16-8-10(15-12(11)16)7-14-9-3-1-4-9/h2,5-6,8-9,14H,1,3-4,7H2,(H,17,18). The number of aromatic carboxylic acids is 1. The van der Waals surface area contributed by atoms with E-state index in [-0.39, 0.29) is 5.56 Å². The van der Waals surface area contributed by atoms with Crippen LogP contribution < -0.4 is 5.32 Å². The largest absolute Gasteiger partial charge is 0.478 e. The number of imidazole rings is 1. The second kappa shape index (κ2) is 4.42. The van der Waals surface area contributed by atoms with Gasteiger partial charge in [-0.3, -0.25) is 0 Å². The molecule has 2 aromatic heterocycles. The van der Waals surface area contributed by atoms with Gasteiger partial charge in [0.2, 0.25) is 0 Å². The lowest BCUT2D eigenvalue weighted by Crippen LogP contribution is -2.34. The number of hydrogen-bond acceptors (Lipinski definition) is 3. The number of rotatable bonds is 4. The van der Waals surface area contributed by atoms with Crippen LogP contribution in [0.3, 0.4) is 0 Å². The van der Waals surface area contributed by atoms with Gasteiger partial charge in [0.15, 0.2) is 5.65 Å². The van der Waals surface area contributed by atoms with E-state index in [1.165, 1.54) is 19.3 Å². The summed E-state index contributed by atoms with van der Waals surface area (Å²) in [5.41, 5.74) is 1.64. The molecule has 0 radical (unpaired) electrons. The summed E-state index contributed by atoms with van der Waals surface area (Å²) in [7, 11) is 0. The molecule has 94 valence electrons. The summed E-state index contributed by atoms with van der Waals surface area (Å²) in [5.74, 6) is -0.940. The molecule has 2 N–H and O–H groups in total. The van der Waals surface area contributed by atoms with Crippen LogP contribution in [-0.4, -0.2) is 26.5 Å². The molecule has 1 aliphatic carbocycles. The van der Waals surface area contributed by atoms with E-state index >= 15 is 0 Å². The van der Waals surface area contributed by atoms with Gasteiger partial charge in [0.25, 0.3) is 0 Å². The van der Waals surface area contributed by atoms with E-state index in [1.54, 1.807) is 16.5 Å². The zero-order valence-electron chi connectivity index (χ0n) is 9.97. The topological polar surface area (TPSA) is 66.6 Å². The Morgan fingerprint density at radius 1 is 1.56 bits per heavy atom. The maximum atomic E-state index is 11.1. The van der Waals surface area contributed by atoms with Crippen LogP contribution in [0.15, 0.2) is 24.5 Å². The first-order valence-electron chi connectivity index (χ1n) is 6.17. The molecule has 2 heterocycles. The molecule has 1 aliphatic rings.